The monoisotopic (exact) mass is 514 g/mol. The van der Waals surface area contributed by atoms with E-state index in [-0.39, 0.29) is 23.7 Å². The van der Waals surface area contributed by atoms with Gasteiger partial charge in [-0.15, -0.1) is 0 Å². The highest BCUT2D eigenvalue weighted by atomic mass is 35.5. The Hall–Kier alpha value is -3.33. The maximum Gasteiger partial charge on any atom is 0.293 e. The number of nitro benzene ring substituents is 1. The third-order valence-corrected chi connectivity index (χ3v) is 6.47. The number of carbonyl (C=O) groups is 2. The van der Waals surface area contributed by atoms with Gasteiger partial charge in [-0.25, -0.2) is 0 Å². The smallest absolute Gasteiger partial charge is 0.293 e. The summed E-state index contributed by atoms with van der Waals surface area (Å²) < 4.78 is 5.75. The number of hydrogen-bond acceptors (Lipinski definition) is 6. The predicted molar refractivity (Wildman–Crippen MR) is 132 cm³/mol. The van der Waals surface area contributed by atoms with Crippen molar-refractivity contribution in [1.29, 1.82) is 0 Å². The number of amides is 2. The summed E-state index contributed by atoms with van der Waals surface area (Å²) in [5, 5.41) is 11.8. The molecule has 3 aromatic carbocycles. The van der Waals surface area contributed by atoms with Gasteiger partial charge in [-0.3, -0.25) is 24.6 Å². The van der Waals surface area contributed by atoms with Gasteiger partial charge in [0.2, 0.25) is 0 Å². The van der Waals surface area contributed by atoms with Crippen molar-refractivity contribution in [3.05, 3.63) is 108 Å². The van der Waals surface area contributed by atoms with Crippen molar-refractivity contribution < 1.29 is 19.2 Å². The van der Waals surface area contributed by atoms with E-state index < -0.39 is 16.1 Å². The zero-order chi connectivity index (χ0) is 24.2. The average Bonchev–Trinajstić information content (AvgIpc) is 3.07. The Balaban J connectivity index is 1.43. The standard InChI is InChI=1S/C24H16Cl2N2O5S/c25-18-8-7-17(20(26)12-18)14-33-19-9-5-15(6-10-19)11-22-23(29)27(24(30)34-22)13-16-3-1-2-4-21(16)28(31)32/h1-12H,13-14H2/b22-11-. The predicted octanol–water partition coefficient (Wildman–Crippen LogP) is 6.72. The van der Waals surface area contributed by atoms with Crippen LogP contribution in [-0.2, 0) is 17.9 Å². The van der Waals surface area contributed by atoms with Crippen LogP contribution in [0.1, 0.15) is 16.7 Å². The van der Waals surface area contributed by atoms with Gasteiger partial charge in [0.25, 0.3) is 16.8 Å². The Morgan fingerprint density at radius 2 is 1.74 bits per heavy atom. The van der Waals surface area contributed by atoms with Crippen molar-refractivity contribution in [2.45, 2.75) is 13.2 Å². The molecule has 0 unspecified atom stereocenters. The van der Waals surface area contributed by atoms with Gasteiger partial charge in [-0.1, -0.05) is 59.6 Å². The molecule has 7 nitrogen and oxygen atoms in total. The lowest BCUT2D eigenvalue weighted by Crippen LogP contribution is -2.27. The van der Waals surface area contributed by atoms with Crippen molar-refractivity contribution in [3.63, 3.8) is 0 Å². The first-order valence-corrected chi connectivity index (χ1v) is 11.5. The maximum atomic E-state index is 12.8. The van der Waals surface area contributed by atoms with Crippen LogP contribution in [0.5, 0.6) is 5.75 Å². The zero-order valence-electron chi connectivity index (χ0n) is 17.4. The first-order chi connectivity index (χ1) is 16.3. The largest absolute Gasteiger partial charge is 0.489 e. The van der Waals surface area contributed by atoms with E-state index in [1.54, 1.807) is 54.6 Å². The fourth-order valence-corrected chi connectivity index (χ4v) is 4.54. The number of para-hydroxylation sites is 1. The van der Waals surface area contributed by atoms with E-state index in [4.69, 9.17) is 27.9 Å². The van der Waals surface area contributed by atoms with Crippen LogP contribution in [0.15, 0.2) is 71.6 Å². The molecule has 0 aromatic heterocycles. The molecule has 0 aliphatic carbocycles. The summed E-state index contributed by atoms with van der Waals surface area (Å²) in [4.78, 5) is 37.1. The fraction of sp³-hybridized carbons (Fsp3) is 0.0833. The first-order valence-electron chi connectivity index (χ1n) is 9.96. The fourth-order valence-electron chi connectivity index (χ4n) is 3.24. The molecule has 172 valence electrons. The minimum absolute atomic E-state index is 0.138. The molecular weight excluding hydrogens is 499 g/mol. The second-order valence-corrected chi connectivity index (χ2v) is 9.08. The molecular formula is C24H16Cl2N2O5S. The number of imide groups is 1. The zero-order valence-corrected chi connectivity index (χ0v) is 19.8. The minimum atomic E-state index is -0.533. The Labute approximate surface area is 209 Å². The molecule has 0 N–H and O–H groups in total. The van der Waals surface area contributed by atoms with E-state index in [2.05, 4.69) is 0 Å². The molecule has 1 aliphatic rings. The second-order valence-electron chi connectivity index (χ2n) is 7.25. The third kappa shape index (κ3) is 5.41. The Morgan fingerprint density at radius 1 is 1.00 bits per heavy atom. The van der Waals surface area contributed by atoms with E-state index in [9.17, 15) is 19.7 Å². The Kier molecular flexibility index (Phi) is 7.21. The van der Waals surface area contributed by atoms with E-state index in [1.165, 1.54) is 18.2 Å². The van der Waals surface area contributed by atoms with Gasteiger partial charge in [-0.2, -0.15) is 0 Å². The second kappa shape index (κ2) is 10.3. The molecule has 1 aliphatic heterocycles. The van der Waals surface area contributed by atoms with Crippen molar-refractivity contribution >= 4 is 57.9 Å². The van der Waals surface area contributed by atoms with Gasteiger partial charge < -0.3 is 4.74 Å². The molecule has 3 aromatic rings. The molecule has 1 heterocycles. The molecule has 0 atom stereocenters. The van der Waals surface area contributed by atoms with Gasteiger partial charge in [-0.05, 0) is 47.7 Å². The minimum Gasteiger partial charge on any atom is -0.489 e. The molecule has 0 bridgehead atoms. The molecule has 1 saturated heterocycles. The van der Waals surface area contributed by atoms with E-state index in [1.807, 2.05) is 0 Å². The van der Waals surface area contributed by atoms with Crippen LogP contribution in [0.4, 0.5) is 10.5 Å². The number of hydrogen-bond donors (Lipinski definition) is 0. The van der Waals surface area contributed by atoms with Crippen LogP contribution in [0, 0.1) is 10.1 Å². The topological polar surface area (TPSA) is 89.8 Å². The lowest BCUT2D eigenvalue weighted by molar-refractivity contribution is -0.385. The van der Waals surface area contributed by atoms with E-state index in [0.29, 0.717) is 26.9 Å². The van der Waals surface area contributed by atoms with Crippen LogP contribution in [0.3, 0.4) is 0 Å². The average molecular weight is 515 g/mol. The number of thioether (sulfide) groups is 1. The molecule has 1 fully saturated rings. The van der Waals surface area contributed by atoms with Gasteiger partial charge in [0.05, 0.1) is 16.4 Å². The highest BCUT2D eigenvalue weighted by Crippen LogP contribution is 2.34. The summed E-state index contributed by atoms with van der Waals surface area (Å²) in [6, 6.07) is 18.2. The summed E-state index contributed by atoms with van der Waals surface area (Å²) in [6.45, 7) is 0.0963. The number of ether oxygens (including phenoxy) is 1. The van der Waals surface area contributed by atoms with Crippen molar-refractivity contribution in [2.24, 2.45) is 0 Å². The van der Waals surface area contributed by atoms with Crippen molar-refractivity contribution in [2.75, 3.05) is 0 Å². The highest BCUT2D eigenvalue weighted by Gasteiger charge is 2.36. The number of halogens is 2. The van der Waals surface area contributed by atoms with Gasteiger partial charge in [0.1, 0.15) is 12.4 Å². The SMILES string of the molecule is O=C1S/C(=C\c2ccc(OCc3ccc(Cl)cc3Cl)cc2)C(=O)N1Cc1ccccc1[N+](=O)[O-]. The molecule has 0 radical (unpaired) electrons. The molecule has 0 spiro atoms. The van der Waals surface area contributed by atoms with Gasteiger partial charge in [0, 0.05) is 27.2 Å². The number of rotatable bonds is 7. The van der Waals surface area contributed by atoms with Crippen LogP contribution in [0.25, 0.3) is 6.08 Å². The molecule has 10 heteroatoms. The van der Waals surface area contributed by atoms with Gasteiger partial charge >= 0.3 is 0 Å². The third-order valence-electron chi connectivity index (χ3n) is 4.98. The summed E-state index contributed by atoms with van der Waals surface area (Å²) in [7, 11) is 0. The summed E-state index contributed by atoms with van der Waals surface area (Å²) in [5.41, 5.74) is 1.65. The summed E-state index contributed by atoms with van der Waals surface area (Å²) in [6.07, 6.45) is 1.60. The number of benzene rings is 3. The van der Waals surface area contributed by atoms with Crippen molar-refractivity contribution in [1.82, 2.24) is 4.90 Å². The summed E-state index contributed by atoms with van der Waals surface area (Å²) in [5.74, 6) is 0.110. The van der Waals surface area contributed by atoms with Crippen molar-refractivity contribution in [3.8, 4) is 5.75 Å². The van der Waals surface area contributed by atoms with Crippen LogP contribution in [-0.4, -0.2) is 21.0 Å². The normalized spacial score (nSPS) is 14.6. The molecule has 2 amide bonds. The highest BCUT2D eigenvalue weighted by molar-refractivity contribution is 8.18. The number of nitrogens with zero attached hydrogens (tertiary/aromatic N) is 2. The quantitative estimate of drug-likeness (QED) is 0.197. The van der Waals surface area contributed by atoms with E-state index in [0.717, 1.165) is 22.2 Å². The summed E-state index contributed by atoms with van der Waals surface area (Å²) >= 11 is 12.9. The Morgan fingerprint density at radius 3 is 2.44 bits per heavy atom. The molecule has 4 rings (SSSR count). The molecule has 34 heavy (non-hydrogen) atoms. The van der Waals surface area contributed by atoms with Crippen LogP contribution >= 0.6 is 35.0 Å². The number of nitro groups is 1. The molecule has 0 saturated carbocycles. The van der Waals surface area contributed by atoms with Crippen LogP contribution < -0.4 is 4.74 Å². The van der Waals surface area contributed by atoms with Crippen LogP contribution in [0.2, 0.25) is 10.0 Å². The van der Waals surface area contributed by atoms with E-state index >= 15 is 0 Å². The Bertz CT molecular complexity index is 1310. The lowest BCUT2D eigenvalue weighted by atomic mass is 10.1. The number of carbonyl (C=O) groups excluding carboxylic acids is 2. The first kappa shape index (κ1) is 23.8. The van der Waals surface area contributed by atoms with Gasteiger partial charge in [0.15, 0.2) is 0 Å². The maximum absolute atomic E-state index is 12.8. The lowest BCUT2D eigenvalue weighted by Gasteiger charge is -2.12.